The summed E-state index contributed by atoms with van der Waals surface area (Å²) in [5.74, 6) is -4.36. The van der Waals surface area contributed by atoms with E-state index < -0.39 is 42.9 Å². The first-order chi connectivity index (χ1) is 11.7. The van der Waals surface area contributed by atoms with Crippen LogP contribution in [0.25, 0.3) is 0 Å². The first kappa shape index (κ1) is 19.1. The SMILES string of the molecule is NCC(F)(F)CNC(=O)CCC1NC(=O)N(c2ccc(Cl)cc2)C1=O. The van der Waals surface area contributed by atoms with Crippen LogP contribution in [0.2, 0.25) is 5.02 Å². The van der Waals surface area contributed by atoms with E-state index >= 15 is 0 Å². The van der Waals surface area contributed by atoms with Crippen molar-refractivity contribution in [1.82, 2.24) is 10.6 Å². The monoisotopic (exact) mass is 374 g/mol. The first-order valence-electron chi connectivity index (χ1n) is 7.48. The Kier molecular flexibility index (Phi) is 5.91. The van der Waals surface area contributed by atoms with E-state index in [0.29, 0.717) is 10.7 Å². The van der Waals surface area contributed by atoms with Crippen LogP contribution in [0.4, 0.5) is 19.3 Å². The minimum atomic E-state index is -3.18. The van der Waals surface area contributed by atoms with E-state index in [4.69, 9.17) is 17.3 Å². The molecule has 2 rings (SSSR count). The molecule has 136 valence electrons. The van der Waals surface area contributed by atoms with E-state index in [1.165, 1.54) is 24.3 Å². The largest absolute Gasteiger partial charge is 0.350 e. The maximum absolute atomic E-state index is 13.0. The molecule has 25 heavy (non-hydrogen) atoms. The number of imide groups is 1. The van der Waals surface area contributed by atoms with Crippen molar-refractivity contribution >= 4 is 35.1 Å². The normalized spacial score (nSPS) is 17.6. The predicted molar refractivity (Wildman–Crippen MR) is 87.5 cm³/mol. The fourth-order valence-corrected chi connectivity index (χ4v) is 2.35. The molecule has 1 heterocycles. The average molecular weight is 375 g/mol. The molecule has 7 nitrogen and oxygen atoms in total. The Balaban J connectivity index is 1.89. The van der Waals surface area contributed by atoms with Gasteiger partial charge in [0.2, 0.25) is 5.91 Å². The molecule has 4 amide bonds. The quantitative estimate of drug-likeness (QED) is 0.625. The van der Waals surface area contributed by atoms with Crippen molar-refractivity contribution in [3.63, 3.8) is 0 Å². The molecule has 0 spiro atoms. The number of nitrogens with two attached hydrogens (primary N) is 1. The summed E-state index contributed by atoms with van der Waals surface area (Å²) >= 11 is 5.77. The lowest BCUT2D eigenvalue weighted by Crippen LogP contribution is -2.42. The molecule has 1 atom stereocenters. The summed E-state index contributed by atoms with van der Waals surface area (Å²) in [5, 5.41) is 4.97. The van der Waals surface area contributed by atoms with Crippen molar-refractivity contribution < 1.29 is 23.2 Å². The zero-order valence-corrected chi connectivity index (χ0v) is 13.9. The number of anilines is 1. The third kappa shape index (κ3) is 4.86. The Morgan fingerprint density at radius 3 is 2.56 bits per heavy atom. The van der Waals surface area contributed by atoms with E-state index in [-0.39, 0.29) is 12.8 Å². The van der Waals surface area contributed by atoms with Crippen molar-refractivity contribution in [3.8, 4) is 0 Å². The van der Waals surface area contributed by atoms with E-state index in [1.807, 2.05) is 0 Å². The maximum Gasteiger partial charge on any atom is 0.329 e. The molecule has 0 radical (unpaired) electrons. The summed E-state index contributed by atoms with van der Waals surface area (Å²) < 4.78 is 25.9. The number of nitrogens with one attached hydrogen (secondary N) is 2. The van der Waals surface area contributed by atoms with Crippen molar-refractivity contribution in [1.29, 1.82) is 0 Å². The van der Waals surface area contributed by atoms with E-state index in [0.717, 1.165) is 4.90 Å². The number of amides is 4. The standard InChI is InChI=1S/C15H17ClF2N4O3/c16-9-1-3-10(4-2-9)22-13(24)11(21-14(22)25)5-6-12(23)20-8-15(17,18)7-19/h1-4,11H,5-8,19H2,(H,20,23)(H,21,25). The number of rotatable bonds is 7. The predicted octanol–water partition coefficient (Wildman–Crippen LogP) is 1.26. The molecule has 0 bridgehead atoms. The summed E-state index contributed by atoms with van der Waals surface area (Å²) in [4.78, 5) is 36.8. The second-order valence-corrected chi connectivity index (χ2v) is 5.96. The molecule has 0 aromatic heterocycles. The Morgan fingerprint density at radius 1 is 1.32 bits per heavy atom. The fourth-order valence-electron chi connectivity index (χ4n) is 2.23. The third-order valence-electron chi connectivity index (χ3n) is 3.61. The van der Waals surface area contributed by atoms with Crippen LogP contribution in [0.15, 0.2) is 24.3 Å². The first-order valence-corrected chi connectivity index (χ1v) is 7.86. The van der Waals surface area contributed by atoms with Crippen molar-refractivity contribution in [3.05, 3.63) is 29.3 Å². The smallest absolute Gasteiger partial charge is 0.329 e. The Hall–Kier alpha value is -2.26. The van der Waals surface area contributed by atoms with Crippen molar-refractivity contribution in [2.75, 3.05) is 18.0 Å². The maximum atomic E-state index is 13.0. The molecule has 1 saturated heterocycles. The van der Waals surface area contributed by atoms with Gasteiger partial charge >= 0.3 is 6.03 Å². The van der Waals surface area contributed by atoms with Crippen LogP contribution in [0.3, 0.4) is 0 Å². The second-order valence-electron chi connectivity index (χ2n) is 5.53. The van der Waals surface area contributed by atoms with Crippen LogP contribution in [-0.2, 0) is 9.59 Å². The summed E-state index contributed by atoms with van der Waals surface area (Å²) in [6, 6.07) is 4.59. The van der Waals surface area contributed by atoms with Gasteiger partial charge in [-0.15, -0.1) is 0 Å². The highest BCUT2D eigenvalue weighted by atomic mass is 35.5. The van der Waals surface area contributed by atoms with E-state index in [2.05, 4.69) is 10.6 Å². The molecule has 1 aliphatic heterocycles. The van der Waals surface area contributed by atoms with E-state index in [1.54, 1.807) is 0 Å². The number of urea groups is 1. The number of carbonyl (C=O) groups excluding carboxylic acids is 3. The summed E-state index contributed by atoms with van der Waals surface area (Å²) in [7, 11) is 0. The van der Waals surface area contributed by atoms with Gasteiger partial charge in [0.1, 0.15) is 6.04 Å². The van der Waals surface area contributed by atoms with Gasteiger partial charge in [-0.1, -0.05) is 11.6 Å². The number of nitrogens with zero attached hydrogens (tertiary/aromatic N) is 1. The Bertz CT molecular complexity index is 669. The molecule has 1 aromatic carbocycles. The van der Waals surface area contributed by atoms with Crippen LogP contribution in [0, 0.1) is 0 Å². The van der Waals surface area contributed by atoms with Gasteiger partial charge in [0, 0.05) is 11.4 Å². The third-order valence-corrected chi connectivity index (χ3v) is 3.86. The lowest BCUT2D eigenvalue weighted by Gasteiger charge is -2.15. The highest BCUT2D eigenvalue weighted by molar-refractivity contribution is 6.30. The fraction of sp³-hybridized carbons (Fsp3) is 0.400. The molecule has 1 aromatic rings. The van der Waals surface area contributed by atoms with Gasteiger partial charge < -0.3 is 16.4 Å². The Morgan fingerprint density at radius 2 is 1.96 bits per heavy atom. The highest BCUT2D eigenvalue weighted by Crippen LogP contribution is 2.23. The zero-order valence-electron chi connectivity index (χ0n) is 13.1. The molecule has 0 saturated carbocycles. The molecular weight excluding hydrogens is 358 g/mol. The van der Waals surface area contributed by atoms with Crippen LogP contribution >= 0.6 is 11.6 Å². The number of hydrogen-bond acceptors (Lipinski definition) is 4. The summed E-state index contributed by atoms with van der Waals surface area (Å²) in [5.41, 5.74) is 5.22. The number of carbonyl (C=O) groups is 3. The molecule has 4 N–H and O–H groups in total. The molecule has 10 heteroatoms. The van der Waals surface area contributed by atoms with Gasteiger partial charge in [-0.05, 0) is 30.7 Å². The van der Waals surface area contributed by atoms with Crippen LogP contribution in [0.5, 0.6) is 0 Å². The van der Waals surface area contributed by atoms with Gasteiger partial charge in [-0.2, -0.15) is 0 Å². The zero-order chi connectivity index (χ0) is 18.6. The minimum Gasteiger partial charge on any atom is -0.350 e. The topological polar surface area (TPSA) is 105 Å². The number of halogens is 3. The van der Waals surface area contributed by atoms with E-state index in [9.17, 15) is 23.2 Å². The van der Waals surface area contributed by atoms with Crippen LogP contribution in [-0.4, -0.2) is 42.9 Å². The number of hydrogen-bond donors (Lipinski definition) is 3. The number of benzene rings is 1. The van der Waals surface area contributed by atoms with Crippen LogP contribution < -0.4 is 21.3 Å². The molecule has 0 aliphatic carbocycles. The van der Waals surface area contributed by atoms with Gasteiger partial charge in [0.15, 0.2) is 0 Å². The molecule has 1 aliphatic rings. The van der Waals surface area contributed by atoms with Gasteiger partial charge in [-0.25, -0.2) is 18.5 Å². The lowest BCUT2D eigenvalue weighted by molar-refractivity contribution is -0.123. The van der Waals surface area contributed by atoms with Gasteiger partial charge in [0.25, 0.3) is 11.8 Å². The average Bonchev–Trinajstić information content (AvgIpc) is 2.86. The molecule has 1 fully saturated rings. The minimum absolute atomic E-state index is 0.00527. The van der Waals surface area contributed by atoms with Crippen LogP contribution in [0.1, 0.15) is 12.8 Å². The summed E-state index contributed by atoms with van der Waals surface area (Å²) in [6.45, 7) is -1.75. The molecular formula is C15H17ClF2N4O3. The highest BCUT2D eigenvalue weighted by Gasteiger charge is 2.39. The van der Waals surface area contributed by atoms with Crippen molar-refractivity contribution in [2.24, 2.45) is 5.73 Å². The van der Waals surface area contributed by atoms with Gasteiger partial charge in [0.05, 0.1) is 18.8 Å². The summed E-state index contributed by atoms with van der Waals surface area (Å²) in [6.07, 6.45) is -0.194. The molecule has 1 unspecified atom stereocenters. The van der Waals surface area contributed by atoms with Crippen molar-refractivity contribution in [2.45, 2.75) is 24.8 Å². The van der Waals surface area contributed by atoms with Gasteiger partial charge in [-0.3, -0.25) is 9.59 Å². The Labute approximate surface area is 147 Å². The number of alkyl halides is 2. The lowest BCUT2D eigenvalue weighted by atomic mass is 10.1. The second kappa shape index (κ2) is 7.75.